The molecule has 0 aromatic carbocycles. The molecule has 2 aliphatic rings. The summed E-state index contributed by atoms with van der Waals surface area (Å²) in [5.41, 5.74) is 8.60. The lowest BCUT2D eigenvalue weighted by Gasteiger charge is -2.27. The van der Waals surface area contributed by atoms with Crippen LogP contribution in [0.4, 0.5) is 10.7 Å². The van der Waals surface area contributed by atoms with E-state index in [0.29, 0.717) is 16.2 Å². The third kappa shape index (κ3) is 2.29. The molecule has 3 rings (SSSR count). The SMILES string of the molecule is CC(C)(C)C1CCN(c2sc(C#N)c(N)c2C2CC2)C1. The molecule has 1 atom stereocenters. The topological polar surface area (TPSA) is 53.0 Å². The average Bonchev–Trinajstić information content (AvgIpc) is 2.97. The number of hydrogen-bond acceptors (Lipinski definition) is 4. The van der Waals surface area contributed by atoms with Crippen LogP contribution in [-0.4, -0.2) is 13.1 Å². The molecule has 0 radical (unpaired) electrons. The van der Waals surface area contributed by atoms with Crippen molar-refractivity contribution >= 4 is 22.0 Å². The lowest BCUT2D eigenvalue weighted by Crippen LogP contribution is -2.25. The first-order valence-electron chi connectivity index (χ1n) is 7.49. The maximum absolute atomic E-state index is 9.24. The molecule has 1 aliphatic carbocycles. The smallest absolute Gasteiger partial charge is 0.130 e. The average molecular weight is 289 g/mol. The van der Waals surface area contributed by atoms with Crippen molar-refractivity contribution in [3.05, 3.63) is 10.4 Å². The summed E-state index contributed by atoms with van der Waals surface area (Å²) >= 11 is 1.60. The van der Waals surface area contributed by atoms with Gasteiger partial charge in [-0.3, -0.25) is 0 Å². The maximum Gasteiger partial charge on any atom is 0.130 e. The lowest BCUT2D eigenvalue weighted by molar-refractivity contribution is 0.263. The summed E-state index contributed by atoms with van der Waals surface area (Å²) in [4.78, 5) is 3.19. The van der Waals surface area contributed by atoms with E-state index in [9.17, 15) is 5.26 Å². The van der Waals surface area contributed by atoms with Gasteiger partial charge in [-0.25, -0.2) is 0 Å². The molecule has 1 saturated heterocycles. The minimum Gasteiger partial charge on any atom is -0.397 e. The molecule has 0 amide bonds. The zero-order chi connectivity index (χ0) is 14.5. The fraction of sp³-hybridized carbons (Fsp3) is 0.688. The summed E-state index contributed by atoms with van der Waals surface area (Å²) in [5, 5.41) is 10.5. The Morgan fingerprint density at radius 2 is 2.00 bits per heavy atom. The molecule has 4 heteroatoms. The zero-order valence-corrected chi connectivity index (χ0v) is 13.4. The predicted octanol–water partition coefficient (Wildman–Crippen LogP) is 3.95. The fourth-order valence-electron chi connectivity index (χ4n) is 3.18. The van der Waals surface area contributed by atoms with Gasteiger partial charge in [-0.15, -0.1) is 11.3 Å². The van der Waals surface area contributed by atoms with E-state index in [1.807, 2.05) is 0 Å². The van der Waals surface area contributed by atoms with Crippen molar-refractivity contribution in [1.29, 1.82) is 5.26 Å². The standard InChI is InChI=1S/C16H23N3S/c1-16(2,3)11-6-7-19(9-11)15-13(10-4-5-10)14(18)12(8-17)20-15/h10-11H,4-7,9,18H2,1-3H3. The third-order valence-corrected chi connectivity index (χ3v) is 5.94. The van der Waals surface area contributed by atoms with Crippen LogP contribution in [-0.2, 0) is 0 Å². The quantitative estimate of drug-likeness (QED) is 0.896. The van der Waals surface area contributed by atoms with Crippen molar-refractivity contribution in [2.75, 3.05) is 23.7 Å². The van der Waals surface area contributed by atoms with Crippen LogP contribution in [0, 0.1) is 22.7 Å². The molecule has 2 heterocycles. The van der Waals surface area contributed by atoms with Gasteiger partial charge in [0.25, 0.3) is 0 Å². The number of rotatable bonds is 2. The molecule has 3 nitrogen and oxygen atoms in total. The number of nitriles is 1. The number of nitrogens with two attached hydrogens (primary N) is 1. The van der Waals surface area contributed by atoms with Crippen LogP contribution in [0.1, 0.15) is 56.4 Å². The first-order chi connectivity index (χ1) is 9.41. The number of anilines is 2. The Hall–Kier alpha value is -1.21. The van der Waals surface area contributed by atoms with Gasteiger partial charge in [-0.2, -0.15) is 5.26 Å². The van der Waals surface area contributed by atoms with Crippen LogP contribution < -0.4 is 10.6 Å². The van der Waals surface area contributed by atoms with Crippen LogP contribution in [0.3, 0.4) is 0 Å². The molecule has 20 heavy (non-hydrogen) atoms. The largest absolute Gasteiger partial charge is 0.397 e. The monoisotopic (exact) mass is 289 g/mol. The molecule has 0 spiro atoms. The van der Waals surface area contributed by atoms with Gasteiger partial charge in [-0.1, -0.05) is 20.8 Å². The summed E-state index contributed by atoms with van der Waals surface area (Å²) in [6.07, 6.45) is 3.71. The highest BCUT2D eigenvalue weighted by molar-refractivity contribution is 7.17. The second-order valence-corrected chi connectivity index (χ2v) is 8.25. The summed E-state index contributed by atoms with van der Waals surface area (Å²) in [6.45, 7) is 9.19. The van der Waals surface area contributed by atoms with Crippen molar-refractivity contribution in [3.63, 3.8) is 0 Å². The Labute approximate surface area is 125 Å². The number of nitrogen functional groups attached to an aromatic ring is 1. The van der Waals surface area contributed by atoms with Crippen LogP contribution >= 0.6 is 11.3 Å². The van der Waals surface area contributed by atoms with Crippen molar-refractivity contribution in [1.82, 2.24) is 0 Å². The van der Waals surface area contributed by atoms with Crippen LogP contribution in [0.5, 0.6) is 0 Å². The Morgan fingerprint density at radius 1 is 1.30 bits per heavy atom. The van der Waals surface area contributed by atoms with E-state index in [1.165, 1.54) is 29.8 Å². The summed E-state index contributed by atoms with van der Waals surface area (Å²) in [7, 11) is 0. The number of hydrogen-bond donors (Lipinski definition) is 1. The van der Waals surface area contributed by atoms with Crippen molar-refractivity contribution in [2.24, 2.45) is 11.3 Å². The van der Waals surface area contributed by atoms with Gasteiger partial charge < -0.3 is 10.6 Å². The Morgan fingerprint density at radius 3 is 2.50 bits per heavy atom. The van der Waals surface area contributed by atoms with Crippen LogP contribution in [0.25, 0.3) is 0 Å². The molecule has 2 N–H and O–H groups in total. The normalized spacial score (nSPS) is 23.1. The molecule has 1 saturated carbocycles. The Kier molecular flexibility index (Phi) is 3.21. The molecule has 2 fully saturated rings. The molecule has 0 bridgehead atoms. The third-order valence-electron chi connectivity index (χ3n) is 4.75. The van der Waals surface area contributed by atoms with E-state index in [0.717, 1.165) is 24.7 Å². The Balaban J connectivity index is 1.90. The molecular formula is C16H23N3S. The highest BCUT2D eigenvalue weighted by Crippen LogP contribution is 2.53. The van der Waals surface area contributed by atoms with Gasteiger partial charge >= 0.3 is 0 Å². The van der Waals surface area contributed by atoms with Crippen molar-refractivity contribution < 1.29 is 0 Å². The number of nitrogens with zero attached hydrogens (tertiary/aromatic N) is 2. The predicted molar refractivity (Wildman–Crippen MR) is 85.2 cm³/mol. The second-order valence-electron chi connectivity index (χ2n) is 7.25. The van der Waals surface area contributed by atoms with Gasteiger partial charge in [0.05, 0.1) is 10.7 Å². The van der Waals surface area contributed by atoms with Gasteiger partial charge in [0, 0.05) is 18.7 Å². The fourth-order valence-corrected chi connectivity index (χ4v) is 4.32. The maximum atomic E-state index is 9.24. The van der Waals surface area contributed by atoms with E-state index in [-0.39, 0.29) is 0 Å². The molecule has 1 unspecified atom stereocenters. The first kappa shape index (κ1) is 13.8. The summed E-state index contributed by atoms with van der Waals surface area (Å²) in [5.74, 6) is 1.33. The molecular weight excluding hydrogens is 266 g/mol. The van der Waals surface area contributed by atoms with Gasteiger partial charge in [-0.05, 0) is 36.5 Å². The van der Waals surface area contributed by atoms with E-state index in [2.05, 4.69) is 31.7 Å². The second kappa shape index (κ2) is 4.66. The van der Waals surface area contributed by atoms with E-state index in [1.54, 1.807) is 11.3 Å². The highest BCUT2D eigenvalue weighted by Gasteiger charge is 2.37. The van der Waals surface area contributed by atoms with Gasteiger partial charge in [0.2, 0.25) is 0 Å². The van der Waals surface area contributed by atoms with Crippen molar-refractivity contribution in [3.8, 4) is 6.07 Å². The van der Waals surface area contributed by atoms with E-state index in [4.69, 9.17) is 5.73 Å². The van der Waals surface area contributed by atoms with Crippen molar-refractivity contribution in [2.45, 2.75) is 46.0 Å². The first-order valence-corrected chi connectivity index (χ1v) is 8.30. The molecule has 1 aromatic heterocycles. The molecule has 1 aliphatic heterocycles. The Bertz CT molecular complexity index is 558. The van der Waals surface area contributed by atoms with Gasteiger partial charge in [0.1, 0.15) is 10.9 Å². The van der Waals surface area contributed by atoms with E-state index >= 15 is 0 Å². The minimum atomic E-state index is 0.357. The number of thiophene rings is 1. The van der Waals surface area contributed by atoms with Crippen LogP contribution in [0.15, 0.2) is 0 Å². The summed E-state index contributed by atoms with van der Waals surface area (Å²) < 4.78 is 0. The molecule has 1 aromatic rings. The van der Waals surface area contributed by atoms with Crippen LogP contribution in [0.2, 0.25) is 0 Å². The van der Waals surface area contributed by atoms with Gasteiger partial charge in [0.15, 0.2) is 0 Å². The zero-order valence-electron chi connectivity index (χ0n) is 12.6. The minimum absolute atomic E-state index is 0.357. The molecule has 108 valence electrons. The lowest BCUT2D eigenvalue weighted by atomic mass is 9.80. The van der Waals surface area contributed by atoms with E-state index < -0.39 is 0 Å². The summed E-state index contributed by atoms with van der Waals surface area (Å²) in [6, 6.07) is 2.27. The highest BCUT2D eigenvalue weighted by atomic mass is 32.1.